The van der Waals surface area contributed by atoms with Gasteiger partial charge in [0.2, 0.25) is 5.90 Å². The van der Waals surface area contributed by atoms with E-state index in [1.165, 1.54) is 0 Å². The molecule has 0 N–H and O–H groups in total. The van der Waals surface area contributed by atoms with E-state index in [4.69, 9.17) is 0 Å². The molecular weight excluding hydrogens is 122 g/mol. The molecule has 0 spiro atoms. The van der Waals surface area contributed by atoms with Crippen LogP contribution in [-0.4, -0.2) is 5.90 Å². The number of rotatable bonds is 1. The molecule has 0 unspecified atom stereocenters. The van der Waals surface area contributed by atoms with Crippen LogP contribution < -0.4 is 0 Å². The quantitative estimate of drug-likeness (QED) is 0.249. The topological polar surface area (TPSA) is 21.6 Å². The molecule has 0 radical (unpaired) electrons. The number of thiol groups is 1. The second-order valence-electron chi connectivity index (χ2n) is 1.46. The van der Waals surface area contributed by atoms with Gasteiger partial charge in [0.05, 0.1) is 0 Å². The molecule has 0 fully saturated rings. The molecule has 0 aromatic rings. The molecule has 0 saturated carbocycles. The predicted molar refractivity (Wildman–Crippen MR) is 38.0 cm³/mol. The van der Waals surface area contributed by atoms with E-state index in [1.54, 1.807) is 13.8 Å². The molecule has 46 valence electrons. The summed E-state index contributed by atoms with van der Waals surface area (Å²) in [6.07, 6.45) is 0. The lowest BCUT2D eigenvalue weighted by atomic mass is 10.6. The molecule has 0 rings (SSSR count). The fraction of sp³-hybridized carbons (Fsp3) is 0.400. The van der Waals surface area contributed by atoms with E-state index in [1.807, 2.05) is 0 Å². The van der Waals surface area contributed by atoms with Crippen molar-refractivity contribution >= 4 is 18.8 Å². The first-order valence-electron chi connectivity index (χ1n) is 2.19. The fourth-order valence-electron chi connectivity index (χ4n) is 0.289. The Morgan fingerprint density at radius 2 is 2.12 bits per heavy atom. The molecule has 0 amide bonds. The Hall–Kier alpha value is -0.440. The first-order chi connectivity index (χ1) is 3.66. The van der Waals surface area contributed by atoms with Gasteiger partial charge in [0.1, 0.15) is 0 Å². The zero-order valence-corrected chi connectivity index (χ0v) is 5.90. The second-order valence-corrected chi connectivity index (χ2v) is 1.64. The van der Waals surface area contributed by atoms with Crippen LogP contribution in [0.2, 0.25) is 0 Å². The van der Waals surface area contributed by atoms with Crippen LogP contribution in [0.1, 0.15) is 13.8 Å². The van der Waals surface area contributed by atoms with Gasteiger partial charge in [-0.05, 0) is 6.92 Å². The monoisotopic (exact) mass is 131 g/mol. The summed E-state index contributed by atoms with van der Waals surface area (Å²) in [5.74, 6) is 0.515. The van der Waals surface area contributed by atoms with Gasteiger partial charge in [0.25, 0.3) is 0 Å². The highest BCUT2D eigenvalue weighted by atomic mass is 32.1. The summed E-state index contributed by atoms with van der Waals surface area (Å²) >= 11 is 3.52. The van der Waals surface area contributed by atoms with Crippen molar-refractivity contribution in [2.45, 2.75) is 13.8 Å². The molecule has 0 saturated heterocycles. The normalized spacial score (nSPS) is 11.1. The summed E-state index contributed by atoms with van der Waals surface area (Å²) in [4.78, 5) is 3.82. The van der Waals surface area contributed by atoms with Crippen LogP contribution in [0.5, 0.6) is 0 Å². The molecule has 0 aliphatic carbocycles. The predicted octanol–water partition coefficient (Wildman–Crippen LogP) is 1.80. The third-order valence-corrected chi connectivity index (χ3v) is 0.745. The van der Waals surface area contributed by atoms with Crippen LogP contribution in [0.15, 0.2) is 17.3 Å². The van der Waals surface area contributed by atoms with Gasteiger partial charge >= 0.3 is 0 Å². The van der Waals surface area contributed by atoms with Gasteiger partial charge in [0.15, 0.2) is 0 Å². The molecule has 0 aromatic heterocycles. The van der Waals surface area contributed by atoms with Crippen molar-refractivity contribution in [2.24, 2.45) is 4.99 Å². The van der Waals surface area contributed by atoms with Crippen LogP contribution in [0.4, 0.5) is 0 Å². The number of allylic oxidation sites excluding steroid dienone is 1. The molecule has 0 atom stereocenters. The van der Waals surface area contributed by atoms with Crippen LogP contribution in [0.25, 0.3) is 0 Å². The first-order valence-corrected chi connectivity index (χ1v) is 2.55. The average molecular weight is 131 g/mol. The van der Waals surface area contributed by atoms with Crippen LogP contribution >= 0.6 is 12.9 Å². The summed E-state index contributed by atoms with van der Waals surface area (Å²) in [5, 5.41) is 0. The number of nitrogens with zero attached hydrogens (tertiary/aromatic N) is 1. The van der Waals surface area contributed by atoms with Crippen molar-refractivity contribution < 1.29 is 4.18 Å². The van der Waals surface area contributed by atoms with Gasteiger partial charge in [-0.25, -0.2) is 4.99 Å². The standard InChI is InChI=1S/C5H9NOS/c1-4(2)6-5(3)7-8/h8H,1H2,2-3H3. The van der Waals surface area contributed by atoms with Crippen molar-refractivity contribution in [3.8, 4) is 0 Å². The molecule has 3 heteroatoms. The minimum Gasteiger partial charge on any atom is -0.414 e. The van der Waals surface area contributed by atoms with Crippen molar-refractivity contribution in [2.75, 3.05) is 0 Å². The van der Waals surface area contributed by atoms with E-state index in [9.17, 15) is 0 Å². The Morgan fingerprint density at radius 1 is 1.62 bits per heavy atom. The molecule has 0 aliphatic heterocycles. The van der Waals surface area contributed by atoms with Crippen LogP contribution in [0.3, 0.4) is 0 Å². The van der Waals surface area contributed by atoms with Crippen molar-refractivity contribution in [1.29, 1.82) is 0 Å². The van der Waals surface area contributed by atoms with E-state index in [0.717, 1.165) is 5.70 Å². The van der Waals surface area contributed by atoms with Crippen molar-refractivity contribution in [1.82, 2.24) is 0 Å². The molecular formula is C5H9NOS. The summed E-state index contributed by atoms with van der Waals surface area (Å²) in [7, 11) is 0. The lowest BCUT2D eigenvalue weighted by Crippen LogP contribution is -1.87. The van der Waals surface area contributed by atoms with Gasteiger partial charge in [-0.1, -0.05) is 6.58 Å². The minimum absolute atomic E-state index is 0.515. The molecule has 0 aromatic carbocycles. The SMILES string of the molecule is C=C(C)N=C(C)OS. The number of hydrogen-bond acceptors (Lipinski definition) is 3. The summed E-state index contributed by atoms with van der Waals surface area (Å²) < 4.78 is 4.44. The van der Waals surface area contributed by atoms with E-state index in [2.05, 4.69) is 28.7 Å². The molecule has 2 nitrogen and oxygen atoms in total. The van der Waals surface area contributed by atoms with Crippen LogP contribution in [0, 0.1) is 0 Å². The maximum Gasteiger partial charge on any atom is 0.200 e. The molecule has 8 heavy (non-hydrogen) atoms. The van der Waals surface area contributed by atoms with Gasteiger partial charge in [-0.15, -0.1) is 0 Å². The maximum absolute atomic E-state index is 4.44. The zero-order chi connectivity index (χ0) is 6.57. The van der Waals surface area contributed by atoms with E-state index >= 15 is 0 Å². The second kappa shape index (κ2) is 3.55. The minimum atomic E-state index is 0.515. The summed E-state index contributed by atoms with van der Waals surface area (Å²) in [6, 6.07) is 0. The first kappa shape index (κ1) is 7.56. The highest BCUT2D eigenvalue weighted by molar-refractivity contribution is 7.75. The third-order valence-electron chi connectivity index (χ3n) is 0.480. The molecule has 0 heterocycles. The van der Waals surface area contributed by atoms with Gasteiger partial charge in [-0.3, -0.25) is 0 Å². The molecule has 0 aliphatic rings. The van der Waals surface area contributed by atoms with Crippen molar-refractivity contribution in [3.63, 3.8) is 0 Å². The lowest BCUT2D eigenvalue weighted by molar-refractivity contribution is 0.651. The van der Waals surface area contributed by atoms with Crippen molar-refractivity contribution in [3.05, 3.63) is 12.3 Å². The highest BCUT2D eigenvalue weighted by Crippen LogP contribution is 1.92. The molecule has 0 bridgehead atoms. The highest BCUT2D eigenvalue weighted by Gasteiger charge is 1.83. The summed E-state index contributed by atoms with van der Waals surface area (Å²) in [5.41, 5.74) is 0.719. The van der Waals surface area contributed by atoms with Gasteiger partial charge in [-0.2, -0.15) is 0 Å². The Bertz CT molecular complexity index is 120. The lowest BCUT2D eigenvalue weighted by Gasteiger charge is -1.92. The van der Waals surface area contributed by atoms with Gasteiger partial charge in [0, 0.05) is 25.5 Å². The van der Waals surface area contributed by atoms with Gasteiger partial charge < -0.3 is 4.18 Å². The number of hydrogen-bond donors (Lipinski definition) is 1. The van der Waals surface area contributed by atoms with E-state index in [0.29, 0.717) is 5.90 Å². The Balaban J connectivity index is 3.75. The Morgan fingerprint density at radius 3 is 2.25 bits per heavy atom. The Kier molecular flexibility index (Phi) is 3.35. The van der Waals surface area contributed by atoms with E-state index in [-0.39, 0.29) is 0 Å². The largest absolute Gasteiger partial charge is 0.414 e. The average Bonchev–Trinajstić information content (AvgIpc) is 1.65. The summed E-state index contributed by atoms with van der Waals surface area (Å²) in [6.45, 7) is 7.04. The fourth-order valence-corrected chi connectivity index (χ4v) is 0.330. The van der Waals surface area contributed by atoms with E-state index < -0.39 is 0 Å². The number of aliphatic imine (C=N–C) groups is 1. The van der Waals surface area contributed by atoms with Crippen LogP contribution in [-0.2, 0) is 4.18 Å². The zero-order valence-electron chi connectivity index (χ0n) is 5.01. The maximum atomic E-state index is 4.44. The smallest absolute Gasteiger partial charge is 0.200 e. The Labute approximate surface area is 54.9 Å². The third kappa shape index (κ3) is 3.74.